The lowest BCUT2D eigenvalue weighted by Gasteiger charge is -2.13. The Morgan fingerprint density at radius 3 is 2.00 bits per heavy atom. The second-order valence-electron chi connectivity index (χ2n) is 4.00. The third kappa shape index (κ3) is 5.77. The molecule has 1 N–H and O–H groups in total. The number of sulfone groups is 1. The molecule has 0 aromatic carbocycles. The molecule has 90 valence electrons. The fourth-order valence-corrected chi connectivity index (χ4v) is 3.63. The quantitative estimate of drug-likeness (QED) is 0.728. The van der Waals surface area contributed by atoms with Crippen LogP contribution >= 0.6 is 0 Å². The number of hydrogen-bond donors (Lipinski definition) is 1. The molecule has 0 aromatic heterocycles. The van der Waals surface area contributed by atoms with E-state index in [0.29, 0.717) is 0 Å². The zero-order chi connectivity index (χ0) is 12.1. The van der Waals surface area contributed by atoms with Gasteiger partial charge in [0, 0.05) is 0 Å². The van der Waals surface area contributed by atoms with Crippen LogP contribution in [0.25, 0.3) is 0 Å². The lowest BCUT2D eigenvalue weighted by molar-refractivity contribution is -0.140. The molecule has 0 aliphatic heterocycles. The summed E-state index contributed by atoms with van der Waals surface area (Å²) in [6.07, 6.45) is 1.63. The van der Waals surface area contributed by atoms with Crippen molar-refractivity contribution < 1.29 is 18.3 Å². The first-order chi connectivity index (χ1) is 6.82. The monoisotopic (exact) mass is 236 g/mol. The average molecular weight is 236 g/mol. The SMILES string of the molecule is CCC(CC)CS(=O)(=O)CC(C)C(=O)O. The molecule has 0 bridgehead atoms. The Hall–Kier alpha value is -0.580. The number of carbonyl (C=O) groups is 1. The van der Waals surface area contributed by atoms with Crippen molar-refractivity contribution in [2.75, 3.05) is 11.5 Å². The summed E-state index contributed by atoms with van der Waals surface area (Å²) in [6.45, 7) is 5.32. The Morgan fingerprint density at radius 1 is 1.20 bits per heavy atom. The highest BCUT2D eigenvalue weighted by Crippen LogP contribution is 2.13. The van der Waals surface area contributed by atoms with E-state index in [-0.39, 0.29) is 17.4 Å². The number of hydrogen-bond acceptors (Lipinski definition) is 3. The van der Waals surface area contributed by atoms with Crippen LogP contribution in [-0.4, -0.2) is 31.0 Å². The van der Waals surface area contributed by atoms with Gasteiger partial charge in [-0.2, -0.15) is 0 Å². The van der Waals surface area contributed by atoms with Crippen LogP contribution in [0.2, 0.25) is 0 Å². The molecule has 0 aliphatic rings. The normalized spacial score (nSPS) is 14.1. The highest BCUT2D eigenvalue weighted by atomic mass is 32.2. The Kier molecular flexibility index (Phi) is 5.87. The van der Waals surface area contributed by atoms with E-state index in [1.165, 1.54) is 6.92 Å². The van der Waals surface area contributed by atoms with Crippen LogP contribution in [0, 0.1) is 11.8 Å². The van der Waals surface area contributed by atoms with E-state index in [2.05, 4.69) is 0 Å². The highest BCUT2D eigenvalue weighted by Gasteiger charge is 2.23. The largest absolute Gasteiger partial charge is 0.481 e. The molecule has 1 unspecified atom stereocenters. The van der Waals surface area contributed by atoms with Crippen LogP contribution in [0.15, 0.2) is 0 Å². The molecule has 5 heteroatoms. The average Bonchev–Trinajstić information content (AvgIpc) is 2.13. The third-order valence-corrected chi connectivity index (χ3v) is 4.56. The second-order valence-corrected chi connectivity index (χ2v) is 6.15. The predicted octanol–water partition coefficient (Wildman–Crippen LogP) is 1.56. The Morgan fingerprint density at radius 2 is 1.67 bits per heavy atom. The van der Waals surface area contributed by atoms with E-state index < -0.39 is 21.7 Å². The molecule has 0 spiro atoms. The van der Waals surface area contributed by atoms with Gasteiger partial charge in [0.25, 0.3) is 0 Å². The Bertz CT molecular complexity index is 291. The fourth-order valence-electron chi connectivity index (χ4n) is 1.40. The van der Waals surface area contributed by atoms with E-state index in [1.54, 1.807) is 0 Å². The molecular formula is C10H20O4S. The molecule has 0 amide bonds. The summed E-state index contributed by atoms with van der Waals surface area (Å²) >= 11 is 0. The molecule has 0 radical (unpaired) electrons. The standard InChI is InChI=1S/C10H20O4S/c1-4-9(5-2)7-15(13,14)6-8(3)10(11)12/h8-9H,4-7H2,1-3H3,(H,11,12). The van der Waals surface area contributed by atoms with Crippen molar-refractivity contribution in [1.29, 1.82) is 0 Å². The summed E-state index contributed by atoms with van der Waals surface area (Å²) in [4.78, 5) is 10.5. The van der Waals surface area contributed by atoms with E-state index in [4.69, 9.17) is 5.11 Å². The van der Waals surface area contributed by atoms with Gasteiger partial charge in [0.2, 0.25) is 0 Å². The zero-order valence-electron chi connectivity index (χ0n) is 9.56. The lowest BCUT2D eigenvalue weighted by Crippen LogP contribution is -2.25. The van der Waals surface area contributed by atoms with Crippen molar-refractivity contribution in [1.82, 2.24) is 0 Å². The Balaban J connectivity index is 4.37. The van der Waals surface area contributed by atoms with E-state index in [1.807, 2.05) is 13.8 Å². The minimum Gasteiger partial charge on any atom is -0.481 e. The van der Waals surface area contributed by atoms with Gasteiger partial charge in [0.15, 0.2) is 9.84 Å². The molecule has 1 atom stereocenters. The van der Waals surface area contributed by atoms with Gasteiger partial charge in [-0.05, 0) is 5.92 Å². The highest BCUT2D eigenvalue weighted by molar-refractivity contribution is 7.91. The van der Waals surface area contributed by atoms with Crippen molar-refractivity contribution in [2.24, 2.45) is 11.8 Å². The molecule has 0 saturated heterocycles. The lowest BCUT2D eigenvalue weighted by atomic mass is 10.1. The maximum absolute atomic E-state index is 11.6. The third-order valence-electron chi connectivity index (χ3n) is 2.57. The van der Waals surface area contributed by atoms with Gasteiger partial charge in [-0.3, -0.25) is 4.79 Å². The topological polar surface area (TPSA) is 71.4 Å². The maximum atomic E-state index is 11.6. The van der Waals surface area contributed by atoms with Gasteiger partial charge < -0.3 is 5.11 Å². The molecule has 15 heavy (non-hydrogen) atoms. The molecule has 0 aromatic rings. The second kappa shape index (κ2) is 6.10. The smallest absolute Gasteiger partial charge is 0.307 e. The van der Waals surface area contributed by atoms with Crippen LogP contribution < -0.4 is 0 Å². The van der Waals surface area contributed by atoms with Crippen molar-refractivity contribution in [3.63, 3.8) is 0 Å². The van der Waals surface area contributed by atoms with E-state index in [0.717, 1.165) is 12.8 Å². The fraction of sp³-hybridized carbons (Fsp3) is 0.900. The predicted molar refractivity (Wildman–Crippen MR) is 59.5 cm³/mol. The summed E-state index contributed by atoms with van der Waals surface area (Å²) in [7, 11) is -3.23. The van der Waals surface area contributed by atoms with Gasteiger partial charge in [-0.15, -0.1) is 0 Å². The van der Waals surface area contributed by atoms with Gasteiger partial charge in [0.1, 0.15) is 0 Å². The van der Waals surface area contributed by atoms with Crippen LogP contribution in [0.3, 0.4) is 0 Å². The first kappa shape index (κ1) is 14.4. The van der Waals surface area contributed by atoms with E-state index in [9.17, 15) is 13.2 Å². The molecule has 0 fully saturated rings. The van der Waals surface area contributed by atoms with Gasteiger partial charge in [0.05, 0.1) is 17.4 Å². The van der Waals surface area contributed by atoms with Crippen molar-refractivity contribution in [3.8, 4) is 0 Å². The van der Waals surface area contributed by atoms with Crippen molar-refractivity contribution in [3.05, 3.63) is 0 Å². The molecule has 0 rings (SSSR count). The minimum atomic E-state index is -3.23. The zero-order valence-corrected chi connectivity index (χ0v) is 10.4. The van der Waals surface area contributed by atoms with Gasteiger partial charge in [-0.1, -0.05) is 33.6 Å². The van der Waals surface area contributed by atoms with Crippen LogP contribution in [0.1, 0.15) is 33.6 Å². The first-order valence-electron chi connectivity index (χ1n) is 5.25. The molecule has 0 saturated carbocycles. The molecule has 0 heterocycles. The summed E-state index contributed by atoms with van der Waals surface area (Å²) < 4.78 is 23.2. The summed E-state index contributed by atoms with van der Waals surface area (Å²) in [6, 6.07) is 0. The minimum absolute atomic E-state index is 0.109. The van der Waals surface area contributed by atoms with E-state index >= 15 is 0 Å². The maximum Gasteiger partial charge on any atom is 0.307 e. The van der Waals surface area contributed by atoms with Crippen LogP contribution in [0.5, 0.6) is 0 Å². The van der Waals surface area contributed by atoms with Crippen LogP contribution in [0.4, 0.5) is 0 Å². The summed E-state index contributed by atoms with van der Waals surface area (Å²) in [5.41, 5.74) is 0. The van der Waals surface area contributed by atoms with Gasteiger partial charge >= 0.3 is 5.97 Å². The van der Waals surface area contributed by atoms with Crippen molar-refractivity contribution >= 4 is 15.8 Å². The number of carboxylic acid groups (broad SMARTS) is 1. The van der Waals surface area contributed by atoms with Gasteiger partial charge in [-0.25, -0.2) is 8.42 Å². The molecular weight excluding hydrogens is 216 g/mol. The van der Waals surface area contributed by atoms with Crippen LogP contribution in [-0.2, 0) is 14.6 Å². The molecule has 0 aliphatic carbocycles. The Labute approximate surface area is 91.6 Å². The number of aliphatic carboxylic acids is 1. The first-order valence-corrected chi connectivity index (χ1v) is 7.07. The number of rotatable bonds is 7. The summed E-state index contributed by atoms with van der Waals surface area (Å²) in [5, 5.41) is 8.63. The van der Waals surface area contributed by atoms with Crippen molar-refractivity contribution in [2.45, 2.75) is 33.6 Å². The summed E-state index contributed by atoms with van der Waals surface area (Å²) in [5.74, 6) is -1.86. The molecule has 4 nitrogen and oxygen atoms in total. The number of carboxylic acids is 1.